The summed E-state index contributed by atoms with van der Waals surface area (Å²) in [4.78, 5) is 26.2. The third-order valence-electron chi connectivity index (χ3n) is 4.32. The number of hydrogen-bond donors (Lipinski definition) is 1. The normalized spacial score (nSPS) is 14.3. The summed E-state index contributed by atoms with van der Waals surface area (Å²) in [5.74, 6) is -0.877. The SMILES string of the molecule is Cc1ccc(Oc2ncnc3c2CON(/C(C=N)=C(\Cl)C(=O)C(C)C)C3)c(F)c1. The molecule has 0 saturated heterocycles. The van der Waals surface area contributed by atoms with Crippen molar-refractivity contribution >= 4 is 23.6 Å². The summed E-state index contributed by atoms with van der Waals surface area (Å²) in [7, 11) is 0. The van der Waals surface area contributed by atoms with E-state index in [9.17, 15) is 9.18 Å². The third kappa shape index (κ3) is 4.44. The van der Waals surface area contributed by atoms with Gasteiger partial charge in [-0.25, -0.2) is 19.4 Å². The summed E-state index contributed by atoms with van der Waals surface area (Å²) < 4.78 is 19.8. The first-order valence-electron chi connectivity index (χ1n) is 8.93. The number of benzene rings is 1. The van der Waals surface area contributed by atoms with Gasteiger partial charge in [-0.15, -0.1) is 0 Å². The van der Waals surface area contributed by atoms with Gasteiger partial charge in [-0.1, -0.05) is 31.5 Å². The third-order valence-corrected chi connectivity index (χ3v) is 4.70. The molecule has 0 saturated carbocycles. The smallest absolute Gasteiger partial charge is 0.228 e. The van der Waals surface area contributed by atoms with Crippen molar-refractivity contribution in [2.24, 2.45) is 5.92 Å². The highest BCUT2D eigenvalue weighted by Crippen LogP contribution is 2.32. The minimum atomic E-state index is -0.497. The molecule has 0 radical (unpaired) electrons. The molecule has 0 bridgehead atoms. The van der Waals surface area contributed by atoms with Gasteiger partial charge in [0, 0.05) is 12.1 Å². The second-order valence-electron chi connectivity index (χ2n) is 6.81. The molecule has 1 aliphatic heterocycles. The number of nitrogens with one attached hydrogen (secondary N) is 1. The van der Waals surface area contributed by atoms with Crippen molar-refractivity contribution in [3.63, 3.8) is 0 Å². The number of hydrogen-bond acceptors (Lipinski definition) is 7. The van der Waals surface area contributed by atoms with E-state index in [0.717, 1.165) is 11.8 Å². The van der Waals surface area contributed by atoms with Crippen LogP contribution in [0.4, 0.5) is 4.39 Å². The fraction of sp³-hybridized carbons (Fsp3) is 0.300. The minimum Gasteiger partial charge on any atom is -0.435 e. The van der Waals surface area contributed by atoms with Crippen molar-refractivity contribution in [2.75, 3.05) is 0 Å². The fourth-order valence-corrected chi connectivity index (χ4v) is 3.06. The number of hydroxylamine groups is 2. The van der Waals surface area contributed by atoms with Crippen molar-refractivity contribution in [3.05, 3.63) is 57.9 Å². The van der Waals surface area contributed by atoms with Gasteiger partial charge in [0.2, 0.25) is 5.88 Å². The van der Waals surface area contributed by atoms with Crippen LogP contribution in [-0.4, -0.2) is 27.0 Å². The Labute approximate surface area is 172 Å². The number of nitrogens with zero attached hydrogens (tertiary/aromatic N) is 3. The second-order valence-corrected chi connectivity index (χ2v) is 7.19. The summed E-state index contributed by atoms with van der Waals surface area (Å²) in [6, 6.07) is 4.64. The average molecular weight is 419 g/mol. The lowest BCUT2D eigenvalue weighted by Gasteiger charge is -2.30. The van der Waals surface area contributed by atoms with Crippen molar-refractivity contribution in [3.8, 4) is 11.6 Å². The van der Waals surface area contributed by atoms with Crippen molar-refractivity contribution in [1.29, 1.82) is 5.41 Å². The molecule has 0 aliphatic carbocycles. The van der Waals surface area contributed by atoms with E-state index in [1.807, 2.05) is 0 Å². The van der Waals surface area contributed by atoms with Gasteiger partial charge in [0.1, 0.15) is 23.7 Å². The summed E-state index contributed by atoms with van der Waals surface area (Å²) in [6.45, 7) is 5.36. The highest BCUT2D eigenvalue weighted by Gasteiger charge is 2.27. The number of ketones is 1. The van der Waals surface area contributed by atoms with E-state index in [1.165, 1.54) is 23.5 Å². The Kier molecular flexibility index (Phi) is 6.24. The Bertz CT molecular complexity index is 994. The Balaban J connectivity index is 1.88. The molecular formula is C20H20ClFN4O3. The number of fused-ring (bicyclic) bond motifs is 1. The summed E-state index contributed by atoms with van der Waals surface area (Å²) in [5, 5.41) is 8.89. The first-order valence-corrected chi connectivity index (χ1v) is 9.31. The number of allylic oxidation sites excluding steroid dienone is 2. The number of rotatable bonds is 6. The monoisotopic (exact) mass is 418 g/mol. The maximum Gasteiger partial charge on any atom is 0.228 e. The molecule has 3 rings (SSSR count). The summed E-state index contributed by atoms with van der Waals surface area (Å²) >= 11 is 6.18. The molecule has 152 valence electrons. The van der Waals surface area contributed by atoms with E-state index in [4.69, 9.17) is 26.6 Å². The van der Waals surface area contributed by atoms with Gasteiger partial charge in [-0.3, -0.25) is 9.63 Å². The van der Waals surface area contributed by atoms with Crippen molar-refractivity contribution in [2.45, 2.75) is 33.9 Å². The zero-order valence-corrected chi connectivity index (χ0v) is 17.0. The highest BCUT2D eigenvalue weighted by atomic mass is 35.5. The predicted molar refractivity (Wildman–Crippen MR) is 105 cm³/mol. The zero-order valence-electron chi connectivity index (χ0n) is 16.2. The molecule has 2 heterocycles. The van der Waals surface area contributed by atoms with E-state index in [0.29, 0.717) is 11.3 Å². The molecule has 9 heteroatoms. The van der Waals surface area contributed by atoms with Gasteiger partial charge in [0.15, 0.2) is 17.3 Å². The molecule has 2 aromatic rings. The van der Waals surface area contributed by atoms with Crippen LogP contribution < -0.4 is 4.74 Å². The molecule has 1 N–H and O–H groups in total. The molecule has 0 spiro atoms. The van der Waals surface area contributed by atoms with Gasteiger partial charge in [-0.2, -0.15) is 0 Å². The number of Topliss-reactive ketones (excluding diaryl/α,β-unsaturated/α-hetero) is 1. The molecule has 1 aromatic carbocycles. The number of carbonyl (C=O) groups excluding carboxylic acids is 1. The predicted octanol–water partition coefficient (Wildman–Crippen LogP) is 4.29. The van der Waals surface area contributed by atoms with E-state index in [1.54, 1.807) is 26.8 Å². The number of carbonyl (C=O) groups is 1. The molecule has 0 unspecified atom stereocenters. The number of aromatic nitrogens is 2. The minimum absolute atomic E-state index is 0.0103. The average Bonchev–Trinajstić information content (AvgIpc) is 2.69. The molecule has 29 heavy (non-hydrogen) atoms. The Morgan fingerprint density at radius 2 is 2.17 bits per heavy atom. The highest BCUT2D eigenvalue weighted by molar-refractivity contribution is 6.44. The Morgan fingerprint density at radius 3 is 2.83 bits per heavy atom. The number of halogens is 2. The lowest BCUT2D eigenvalue weighted by molar-refractivity contribution is -0.157. The van der Waals surface area contributed by atoms with E-state index >= 15 is 0 Å². The first kappa shape index (κ1) is 20.9. The lowest BCUT2D eigenvalue weighted by Crippen LogP contribution is -2.31. The fourth-order valence-electron chi connectivity index (χ4n) is 2.70. The number of ether oxygens (including phenoxy) is 1. The van der Waals surface area contributed by atoms with Crippen LogP contribution in [0, 0.1) is 24.1 Å². The lowest BCUT2D eigenvalue weighted by atomic mass is 10.1. The van der Waals surface area contributed by atoms with Crippen LogP contribution >= 0.6 is 11.6 Å². The van der Waals surface area contributed by atoms with Crippen LogP contribution in [0.3, 0.4) is 0 Å². The zero-order chi connectivity index (χ0) is 21.1. The van der Waals surface area contributed by atoms with E-state index < -0.39 is 5.82 Å². The summed E-state index contributed by atoms with van der Waals surface area (Å²) in [5.41, 5.74) is 2.04. The second kappa shape index (κ2) is 8.67. The van der Waals surface area contributed by atoms with Gasteiger partial charge >= 0.3 is 0 Å². The maximum absolute atomic E-state index is 14.1. The van der Waals surface area contributed by atoms with Crippen LogP contribution in [0.1, 0.15) is 30.7 Å². The molecule has 7 nitrogen and oxygen atoms in total. The van der Waals surface area contributed by atoms with E-state index in [-0.39, 0.29) is 47.2 Å². The molecule has 0 atom stereocenters. The molecule has 1 aliphatic rings. The molecular weight excluding hydrogens is 399 g/mol. The van der Waals surface area contributed by atoms with Gasteiger partial charge in [0.05, 0.1) is 17.8 Å². The van der Waals surface area contributed by atoms with Gasteiger partial charge < -0.3 is 10.1 Å². The first-order chi connectivity index (χ1) is 13.8. The van der Waals surface area contributed by atoms with Crippen LogP contribution in [-0.2, 0) is 22.8 Å². The van der Waals surface area contributed by atoms with Crippen LogP contribution in [0.5, 0.6) is 11.6 Å². The van der Waals surface area contributed by atoms with Gasteiger partial charge in [0.25, 0.3) is 0 Å². The Morgan fingerprint density at radius 1 is 1.41 bits per heavy atom. The summed E-state index contributed by atoms with van der Waals surface area (Å²) in [6.07, 6.45) is 2.27. The van der Waals surface area contributed by atoms with E-state index in [2.05, 4.69) is 9.97 Å². The largest absolute Gasteiger partial charge is 0.435 e. The van der Waals surface area contributed by atoms with Crippen molar-refractivity contribution < 1.29 is 18.8 Å². The molecule has 0 fully saturated rings. The Hall–Kier alpha value is -2.84. The standard InChI is InChI=1S/C20H20ClFN4O3/c1-11(2)19(27)18(21)16(7-23)26-8-15-13(9-28-26)20(25-10-24-15)29-17-5-4-12(3)6-14(17)22/h4-7,10-11,23H,8-9H2,1-3H3/b18-16-,23-7?. The maximum atomic E-state index is 14.1. The van der Waals surface area contributed by atoms with Crippen LogP contribution in [0.15, 0.2) is 35.3 Å². The quantitative estimate of drug-likeness (QED) is 0.556. The molecule has 0 amide bonds. The van der Waals surface area contributed by atoms with Crippen LogP contribution in [0.25, 0.3) is 0 Å². The number of aryl methyl sites for hydroxylation is 1. The van der Waals surface area contributed by atoms with Crippen molar-refractivity contribution in [1.82, 2.24) is 15.0 Å². The topological polar surface area (TPSA) is 88.4 Å². The van der Waals surface area contributed by atoms with Gasteiger partial charge in [-0.05, 0) is 24.6 Å². The molecule has 1 aromatic heterocycles. The van der Waals surface area contributed by atoms with Crippen LogP contribution in [0.2, 0.25) is 0 Å².